The highest BCUT2D eigenvalue weighted by Crippen LogP contribution is 2.42. The third-order valence-corrected chi connectivity index (χ3v) is 10.1. The smallest absolute Gasteiger partial charge is 0.245 e. The molecular formula is C35H35NO3S. The lowest BCUT2D eigenvalue weighted by Crippen LogP contribution is -2.26. The molecule has 1 amide bonds. The van der Waals surface area contributed by atoms with E-state index >= 15 is 0 Å². The van der Waals surface area contributed by atoms with Gasteiger partial charge in [-0.25, -0.2) is 4.99 Å². The molecule has 4 aromatic rings. The summed E-state index contributed by atoms with van der Waals surface area (Å²) in [5.41, 5.74) is 4.75. The van der Waals surface area contributed by atoms with Crippen LogP contribution in [0.25, 0.3) is 21.5 Å². The van der Waals surface area contributed by atoms with Gasteiger partial charge in [-0.05, 0) is 94.3 Å². The van der Waals surface area contributed by atoms with Gasteiger partial charge in [0.1, 0.15) is 11.5 Å². The zero-order valence-corrected chi connectivity index (χ0v) is 23.8. The minimum absolute atomic E-state index is 0.0272. The molecule has 1 N–H and O–H groups in total. The number of ketones is 1. The van der Waals surface area contributed by atoms with Crippen LogP contribution in [0.2, 0.25) is 0 Å². The summed E-state index contributed by atoms with van der Waals surface area (Å²) in [6, 6.07) is 22.8. The van der Waals surface area contributed by atoms with Gasteiger partial charge in [0.2, 0.25) is 5.91 Å². The van der Waals surface area contributed by atoms with Crippen LogP contribution < -0.4 is 0 Å². The van der Waals surface area contributed by atoms with Crippen LogP contribution in [0.4, 0.5) is 0 Å². The quantitative estimate of drug-likeness (QED) is 0.172. The van der Waals surface area contributed by atoms with Crippen molar-refractivity contribution < 1.29 is 14.7 Å². The van der Waals surface area contributed by atoms with Gasteiger partial charge in [-0.1, -0.05) is 60.5 Å². The zero-order chi connectivity index (χ0) is 27.6. The number of amides is 1. The number of rotatable bonds is 9. The summed E-state index contributed by atoms with van der Waals surface area (Å²) in [5.74, 6) is 2.55. The van der Waals surface area contributed by atoms with Gasteiger partial charge in [-0.2, -0.15) is 11.8 Å². The molecule has 0 saturated carbocycles. The van der Waals surface area contributed by atoms with Crippen LogP contribution in [0.3, 0.4) is 0 Å². The van der Waals surface area contributed by atoms with E-state index in [4.69, 9.17) is 0 Å². The Kier molecular flexibility index (Phi) is 7.75. The molecule has 6 rings (SSSR count). The van der Waals surface area contributed by atoms with Crippen molar-refractivity contribution in [2.45, 2.75) is 57.1 Å². The Morgan fingerprint density at radius 2 is 1.70 bits per heavy atom. The molecule has 0 radical (unpaired) electrons. The number of benzene rings is 4. The van der Waals surface area contributed by atoms with E-state index < -0.39 is 0 Å². The fourth-order valence-electron chi connectivity index (χ4n) is 6.39. The number of nitrogens with zero attached hydrogens (tertiary/aromatic N) is 1. The first-order valence-electron chi connectivity index (χ1n) is 14.4. The molecular weight excluding hydrogens is 514 g/mol. The molecule has 2 heterocycles. The monoisotopic (exact) mass is 549 g/mol. The molecule has 0 bridgehead atoms. The second kappa shape index (κ2) is 11.6. The van der Waals surface area contributed by atoms with Crippen LogP contribution in [-0.2, 0) is 22.4 Å². The summed E-state index contributed by atoms with van der Waals surface area (Å²) in [4.78, 5) is 28.3. The number of carbonyl (C=O) groups is 2. The van der Waals surface area contributed by atoms with Gasteiger partial charge in [-0.15, -0.1) is 0 Å². The highest BCUT2D eigenvalue weighted by Gasteiger charge is 2.38. The SMILES string of the molecule is Cc1ccc2c(Cc3ccc(CC(=O)CCCCC4SCC5CC(=O)N=CC54)cc3)c3ccc(O)cc3cc2c1. The van der Waals surface area contributed by atoms with E-state index in [2.05, 4.69) is 60.4 Å². The first-order valence-corrected chi connectivity index (χ1v) is 15.4. The maximum Gasteiger partial charge on any atom is 0.245 e. The molecule has 3 unspecified atom stereocenters. The van der Waals surface area contributed by atoms with E-state index in [-0.39, 0.29) is 11.7 Å². The molecule has 204 valence electrons. The number of aromatic hydroxyl groups is 1. The molecule has 2 aliphatic heterocycles. The van der Waals surface area contributed by atoms with Gasteiger partial charge in [0.05, 0.1) is 0 Å². The van der Waals surface area contributed by atoms with Crippen molar-refractivity contribution in [2.24, 2.45) is 16.8 Å². The largest absolute Gasteiger partial charge is 0.508 e. The van der Waals surface area contributed by atoms with Crippen LogP contribution in [0.5, 0.6) is 5.75 Å². The summed E-state index contributed by atoms with van der Waals surface area (Å²) in [6.45, 7) is 2.10. The predicted molar refractivity (Wildman–Crippen MR) is 166 cm³/mol. The van der Waals surface area contributed by atoms with E-state index in [9.17, 15) is 14.7 Å². The van der Waals surface area contributed by atoms with E-state index in [1.54, 1.807) is 6.07 Å². The number of Topliss-reactive ketones (excluding diaryl/α,β-unsaturated/α-hetero) is 1. The zero-order valence-electron chi connectivity index (χ0n) is 22.9. The highest BCUT2D eigenvalue weighted by molar-refractivity contribution is 8.00. The fourth-order valence-corrected chi connectivity index (χ4v) is 8.08. The number of phenolic OH excluding ortho intramolecular Hbond substituents is 1. The van der Waals surface area contributed by atoms with Crippen molar-refractivity contribution in [3.05, 3.63) is 89.0 Å². The molecule has 1 fully saturated rings. The average Bonchev–Trinajstić information content (AvgIpc) is 3.33. The van der Waals surface area contributed by atoms with E-state index in [0.29, 0.717) is 42.1 Å². The first kappa shape index (κ1) is 26.8. The molecule has 2 aliphatic rings. The van der Waals surface area contributed by atoms with Crippen LogP contribution in [-0.4, -0.2) is 34.0 Å². The van der Waals surface area contributed by atoms with Gasteiger partial charge < -0.3 is 5.11 Å². The molecule has 5 heteroatoms. The van der Waals surface area contributed by atoms with Crippen molar-refractivity contribution in [3.63, 3.8) is 0 Å². The predicted octanol–water partition coefficient (Wildman–Crippen LogP) is 7.62. The van der Waals surface area contributed by atoms with Crippen molar-refractivity contribution in [1.82, 2.24) is 0 Å². The van der Waals surface area contributed by atoms with Crippen molar-refractivity contribution in [3.8, 4) is 5.75 Å². The number of fused-ring (bicyclic) bond motifs is 3. The summed E-state index contributed by atoms with van der Waals surface area (Å²) >= 11 is 1.98. The summed E-state index contributed by atoms with van der Waals surface area (Å²) in [6.07, 6.45) is 7.44. The van der Waals surface area contributed by atoms with Crippen molar-refractivity contribution in [1.29, 1.82) is 0 Å². The molecule has 4 aromatic carbocycles. The topological polar surface area (TPSA) is 66.7 Å². The fraction of sp³-hybridized carbons (Fsp3) is 0.343. The minimum Gasteiger partial charge on any atom is -0.508 e. The average molecular weight is 550 g/mol. The Balaban J connectivity index is 1.06. The number of unbranched alkanes of at least 4 members (excludes halogenated alkanes) is 1. The number of thioether (sulfide) groups is 1. The van der Waals surface area contributed by atoms with Gasteiger partial charge in [0.15, 0.2) is 0 Å². The van der Waals surface area contributed by atoms with Crippen LogP contribution >= 0.6 is 11.8 Å². The van der Waals surface area contributed by atoms with Gasteiger partial charge >= 0.3 is 0 Å². The summed E-state index contributed by atoms with van der Waals surface area (Å²) in [7, 11) is 0. The minimum atomic E-state index is 0.0272. The number of hydrogen-bond acceptors (Lipinski definition) is 4. The Morgan fingerprint density at radius 3 is 2.52 bits per heavy atom. The van der Waals surface area contributed by atoms with Crippen LogP contribution in [0.15, 0.2) is 71.7 Å². The second-order valence-electron chi connectivity index (χ2n) is 11.5. The second-order valence-corrected chi connectivity index (χ2v) is 12.8. The number of aryl methyl sites for hydroxylation is 1. The van der Waals surface area contributed by atoms with Crippen molar-refractivity contribution >= 4 is 51.2 Å². The van der Waals surface area contributed by atoms with Crippen molar-refractivity contribution in [2.75, 3.05) is 5.75 Å². The number of phenols is 1. The number of hydrogen-bond donors (Lipinski definition) is 1. The molecule has 3 atom stereocenters. The maximum absolute atomic E-state index is 12.7. The highest BCUT2D eigenvalue weighted by atomic mass is 32.2. The molecule has 1 saturated heterocycles. The molecule has 40 heavy (non-hydrogen) atoms. The molecule has 4 nitrogen and oxygen atoms in total. The normalized spacial score (nSPS) is 20.3. The molecule has 0 spiro atoms. The van der Waals surface area contributed by atoms with E-state index in [1.165, 1.54) is 27.5 Å². The molecule has 0 aromatic heterocycles. The Hall–Kier alpha value is -3.44. The maximum atomic E-state index is 12.7. The third-order valence-electron chi connectivity index (χ3n) is 8.53. The van der Waals surface area contributed by atoms with Gasteiger partial charge in [0, 0.05) is 36.6 Å². The number of carbonyl (C=O) groups excluding carboxylic acids is 2. The Bertz CT molecular complexity index is 1550. The Labute approximate surface area is 239 Å². The molecule has 0 aliphatic carbocycles. The van der Waals surface area contributed by atoms with Crippen LogP contribution in [0.1, 0.15) is 54.4 Å². The lowest BCUT2D eigenvalue weighted by Gasteiger charge is -2.22. The van der Waals surface area contributed by atoms with E-state index in [1.807, 2.05) is 30.1 Å². The lowest BCUT2D eigenvalue weighted by atomic mass is 9.85. The summed E-state index contributed by atoms with van der Waals surface area (Å²) in [5, 5.41) is 15.2. The summed E-state index contributed by atoms with van der Waals surface area (Å²) < 4.78 is 0. The van der Waals surface area contributed by atoms with E-state index in [0.717, 1.165) is 47.8 Å². The van der Waals surface area contributed by atoms with Gasteiger partial charge in [-0.3, -0.25) is 9.59 Å². The van der Waals surface area contributed by atoms with Crippen LogP contribution in [0, 0.1) is 18.8 Å². The number of aliphatic imine (C=N–C) groups is 1. The lowest BCUT2D eigenvalue weighted by molar-refractivity contribution is -0.119. The first-order chi connectivity index (χ1) is 19.4. The Morgan fingerprint density at radius 1 is 0.950 bits per heavy atom. The van der Waals surface area contributed by atoms with Gasteiger partial charge in [0.25, 0.3) is 0 Å². The standard InChI is InChI=1S/C35H35NO3S/c1-22-6-12-30-25(14-22)17-26-18-29(38)11-13-31(26)32(30)16-24-9-7-23(8-10-24)15-28(37)4-2-3-5-34-33-20-36-35(39)19-27(33)21-40-34/h6-14,17-18,20,27,33-34,38H,2-5,15-16,19,21H2,1H3. The third kappa shape index (κ3) is 5.85.